The Morgan fingerprint density at radius 2 is 2.14 bits per heavy atom. The largest absolute Gasteiger partial charge is 0.396 e. The summed E-state index contributed by atoms with van der Waals surface area (Å²) in [5.41, 5.74) is 1.65. The van der Waals surface area contributed by atoms with Gasteiger partial charge < -0.3 is 15.7 Å². The van der Waals surface area contributed by atoms with Crippen molar-refractivity contribution in [1.82, 2.24) is 15.1 Å². The third kappa shape index (κ3) is 4.21. The number of benzene rings is 1. The number of hydrogen-bond donors (Lipinski definition) is 3. The highest BCUT2D eigenvalue weighted by Gasteiger charge is 2.09. The lowest BCUT2D eigenvalue weighted by Crippen LogP contribution is -2.36. The fourth-order valence-electron chi connectivity index (χ4n) is 2.25. The molecule has 0 aliphatic rings. The van der Waals surface area contributed by atoms with E-state index >= 15 is 0 Å². The second-order valence-corrected chi connectivity index (χ2v) is 5.84. The van der Waals surface area contributed by atoms with Gasteiger partial charge in [0.05, 0.1) is 5.52 Å². The molecule has 0 spiro atoms. The second-order valence-electron chi connectivity index (χ2n) is 5.84. The van der Waals surface area contributed by atoms with Gasteiger partial charge in [-0.25, -0.2) is 4.79 Å². The van der Waals surface area contributed by atoms with Gasteiger partial charge in [-0.05, 0) is 51.8 Å². The first-order valence-electron chi connectivity index (χ1n) is 7.67. The Bertz CT molecular complexity index is 636. The molecule has 1 atom stereocenters. The minimum atomic E-state index is -0.235. The van der Waals surface area contributed by atoms with Gasteiger partial charge in [0, 0.05) is 36.0 Å². The van der Waals surface area contributed by atoms with E-state index in [0.717, 1.165) is 23.0 Å². The number of nitrogens with zero attached hydrogens (tertiary/aromatic N) is 2. The number of amides is 2. The van der Waals surface area contributed by atoms with Crippen molar-refractivity contribution in [1.29, 1.82) is 0 Å². The molecule has 0 radical (unpaired) electrons. The van der Waals surface area contributed by atoms with Gasteiger partial charge in [0.2, 0.25) is 0 Å². The van der Waals surface area contributed by atoms with Crippen LogP contribution >= 0.6 is 0 Å². The zero-order valence-corrected chi connectivity index (χ0v) is 13.3. The van der Waals surface area contributed by atoms with E-state index in [2.05, 4.69) is 29.6 Å². The van der Waals surface area contributed by atoms with E-state index in [1.165, 1.54) is 0 Å². The molecule has 120 valence electrons. The van der Waals surface area contributed by atoms with Crippen molar-refractivity contribution >= 4 is 22.6 Å². The number of carbonyl (C=O) groups excluding carboxylic acids is 1. The molecule has 2 amide bonds. The third-order valence-electron chi connectivity index (χ3n) is 3.48. The summed E-state index contributed by atoms with van der Waals surface area (Å²) in [5.74, 6) is 0. The Kier molecular flexibility index (Phi) is 5.38. The number of urea groups is 1. The van der Waals surface area contributed by atoms with Gasteiger partial charge in [0.1, 0.15) is 0 Å². The molecular formula is C16H24N4O2. The Morgan fingerprint density at radius 1 is 1.36 bits per heavy atom. The van der Waals surface area contributed by atoms with E-state index in [1.807, 2.05) is 36.0 Å². The minimum absolute atomic E-state index is 0.0274. The van der Waals surface area contributed by atoms with Crippen LogP contribution in [0.25, 0.3) is 10.9 Å². The summed E-state index contributed by atoms with van der Waals surface area (Å²) < 4.78 is 1.91. The maximum atomic E-state index is 11.9. The highest BCUT2D eigenvalue weighted by molar-refractivity contribution is 5.92. The van der Waals surface area contributed by atoms with Gasteiger partial charge >= 0.3 is 6.03 Å². The fourth-order valence-corrected chi connectivity index (χ4v) is 2.25. The number of anilines is 1. The summed E-state index contributed by atoms with van der Waals surface area (Å²) in [6.45, 7) is 6.22. The number of carbonyl (C=O) groups is 1. The molecule has 1 aromatic carbocycles. The summed E-state index contributed by atoms with van der Waals surface area (Å²) in [5, 5.41) is 20.0. The highest BCUT2D eigenvalue weighted by atomic mass is 16.3. The molecule has 0 bridgehead atoms. The minimum Gasteiger partial charge on any atom is -0.396 e. The SMILES string of the molecule is CC(CCCO)NC(=O)Nc1ccc2nn(C(C)C)cc2c1. The molecule has 3 N–H and O–H groups in total. The lowest BCUT2D eigenvalue weighted by molar-refractivity contribution is 0.245. The van der Waals surface area contributed by atoms with E-state index in [-0.39, 0.29) is 18.7 Å². The van der Waals surface area contributed by atoms with Crippen molar-refractivity contribution in [2.75, 3.05) is 11.9 Å². The Balaban J connectivity index is 2.00. The van der Waals surface area contributed by atoms with Crippen LogP contribution in [0.15, 0.2) is 24.4 Å². The van der Waals surface area contributed by atoms with Crippen LogP contribution in [0.2, 0.25) is 0 Å². The molecule has 6 nitrogen and oxygen atoms in total. The van der Waals surface area contributed by atoms with Crippen LogP contribution in [0.3, 0.4) is 0 Å². The van der Waals surface area contributed by atoms with Crippen LogP contribution in [0.4, 0.5) is 10.5 Å². The average Bonchev–Trinajstić information content (AvgIpc) is 2.88. The molecule has 6 heteroatoms. The molecular weight excluding hydrogens is 280 g/mol. The van der Waals surface area contributed by atoms with Crippen LogP contribution in [0, 0.1) is 0 Å². The van der Waals surface area contributed by atoms with Crippen LogP contribution < -0.4 is 10.6 Å². The number of nitrogens with one attached hydrogen (secondary N) is 2. The fraction of sp³-hybridized carbons (Fsp3) is 0.500. The van der Waals surface area contributed by atoms with Crippen LogP contribution in [-0.2, 0) is 0 Å². The quantitative estimate of drug-likeness (QED) is 0.767. The standard InChI is InChI=1S/C16H24N4O2/c1-11(2)20-10-13-9-14(6-7-15(13)19-20)18-16(22)17-12(3)5-4-8-21/h6-7,9-12,21H,4-5,8H2,1-3H3,(H2,17,18,22). The van der Waals surface area contributed by atoms with Crippen molar-refractivity contribution in [2.24, 2.45) is 0 Å². The molecule has 0 aliphatic heterocycles. The predicted octanol–water partition coefficient (Wildman–Crippen LogP) is 2.90. The molecule has 2 aromatic rings. The number of aliphatic hydroxyl groups excluding tert-OH is 1. The number of hydrogen-bond acceptors (Lipinski definition) is 3. The molecule has 0 saturated carbocycles. The third-order valence-corrected chi connectivity index (χ3v) is 3.48. The summed E-state index contributed by atoms with van der Waals surface area (Å²) in [7, 11) is 0. The van der Waals surface area contributed by atoms with Crippen molar-refractivity contribution in [2.45, 2.75) is 45.7 Å². The Hall–Kier alpha value is -2.08. The molecule has 1 heterocycles. The first-order valence-corrected chi connectivity index (χ1v) is 7.67. The lowest BCUT2D eigenvalue weighted by Gasteiger charge is -2.14. The van der Waals surface area contributed by atoms with Gasteiger partial charge in [-0.3, -0.25) is 4.68 Å². The van der Waals surface area contributed by atoms with E-state index in [9.17, 15) is 4.79 Å². The molecule has 0 fully saturated rings. The van der Waals surface area contributed by atoms with Crippen molar-refractivity contribution in [3.8, 4) is 0 Å². The molecule has 0 saturated heterocycles. The highest BCUT2D eigenvalue weighted by Crippen LogP contribution is 2.19. The van der Waals surface area contributed by atoms with Gasteiger partial charge in [-0.15, -0.1) is 0 Å². The Morgan fingerprint density at radius 3 is 2.82 bits per heavy atom. The predicted molar refractivity (Wildman–Crippen MR) is 88.1 cm³/mol. The zero-order valence-electron chi connectivity index (χ0n) is 13.3. The second kappa shape index (κ2) is 7.26. The first kappa shape index (κ1) is 16.3. The average molecular weight is 304 g/mol. The van der Waals surface area contributed by atoms with Crippen molar-refractivity contribution in [3.63, 3.8) is 0 Å². The van der Waals surface area contributed by atoms with Crippen molar-refractivity contribution < 1.29 is 9.90 Å². The number of rotatable bonds is 6. The van der Waals surface area contributed by atoms with Gasteiger partial charge in [-0.2, -0.15) is 5.10 Å². The van der Waals surface area contributed by atoms with E-state index in [0.29, 0.717) is 12.5 Å². The summed E-state index contributed by atoms with van der Waals surface area (Å²) >= 11 is 0. The molecule has 2 rings (SSSR count). The lowest BCUT2D eigenvalue weighted by atomic mass is 10.2. The summed E-state index contributed by atoms with van der Waals surface area (Å²) in [6.07, 6.45) is 3.42. The molecule has 1 unspecified atom stereocenters. The maximum absolute atomic E-state index is 11.9. The van der Waals surface area contributed by atoms with E-state index in [1.54, 1.807) is 0 Å². The number of aromatic nitrogens is 2. The van der Waals surface area contributed by atoms with Gasteiger partial charge in [-0.1, -0.05) is 0 Å². The Labute approximate surface area is 130 Å². The molecule has 1 aromatic heterocycles. The van der Waals surface area contributed by atoms with E-state index < -0.39 is 0 Å². The van der Waals surface area contributed by atoms with Gasteiger partial charge in [0.25, 0.3) is 0 Å². The monoisotopic (exact) mass is 304 g/mol. The van der Waals surface area contributed by atoms with Crippen molar-refractivity contribution in [3.05, 3.63) is 24.4 Å². The maximum Gasteiger partial charge on any atom is 0.319 e. The molecule has 22 heavy (non-hydrogen) atoms. The van der Waals surface area contributed by atoms with Crippen LogP contribution in [-0.4, -0.2) is 33.6 Å². The zero-order chi connectivity index (χ0) is 16.1. The smallest absolute Gasteiger partial charge is 0.319 e. The van der Waals surface area contributed by atoms with E-state index in [4.69, 9.17) is 5.11 Å². The first-order chi connectivity index (χ1) is 10.5. The van der Waals surface area contributed by atoms with Crippen LogP contribution in [0.1, 0.15) is 39.7 Å². The number of fused-ring (bicyclic) bond motifs is 1. The van der Waals surface area contributed by atoms with Gasteiger partial charge in [0.15, 0.2) is 0 Å². The normalized spacial score (nSPS) is 12.6. The topological polar surface area (TPSA) is 79.2 Å². The van der Waals surface area contributed by atoms with Crippen LogP contribution in [0.5, 0.6) is 0 Å². The summed E-state index contributed by atoms with van der Waals surface area (Å²) in [4.78, 5) is 11.9. The summed E-state index contributed by atoms with van der Waals surface area (Å²) in [6, 6.07) is 5.76. The molecule has 0 aliphatic carbocycles. The number of aliphatic hydroxyl groups is 1.